The second-order valence-electron chi connectivity index (χ2n) is 10.4. The number of rotatable bonds is 2. The molecule has 1 aromatic rings. The number of carbonyl (C=O) groups excluding carboxylic acids is 1. The Hall–Kier alpha value is -1.99. The van der Waals surface area contributed by atoms with Gasteiger partial charge in [0.05, 0.1) is 5.69 Å². The molecule has 1 fully saturated rings. The van der Waals surface area contributed by atoms with Gasteiger partial charge in [-0.2, -0.15) is 18.3 Å². The summed E-state index contributed by atoms with van der Waals surface area (Å²) in [5.74, 6) is 0.614. The van der Waals surface area contributed by atoms with Crippen LogP contribution in [0.2, 0.25) is 0 Å². The van der Waals surface area contributed by atoms with Crippen LogP contribution >= 0.6 is 0 Å². The molecule has 1 saturated heterocycles. The van der Waals surface area contributed by atoms with Gasteiger partial charge >= 0.3 is 6.18 Å². The van der Waals surface area contributed by atoms with E-state index in [4.69, 9.17) is 0 Å². The molecule has 172 valence electrons. The van der Waals surface area contributed by atoms with Gasteiger partial charge in [-0.25, -0.2) is 4.68 Å². The molecule has 0 radical (unpaired) electrons. The summed E-state index contributed by atoms with van der Waals surface area (Å²) < 4.78 is 42.7. The molecule has 4 atom stereocenters. The fourth-order valence-electron chi connectivity index (χ4n) is 5.06. The number of piperidine rings is 1. The van der Waals surface area contributed by atoms with Gasteiger partial charge in [0.2, 0.25) is 5.91 Å². The summed E-state index contributed by atoms with van der Waals surface area (Å²) in [7, 11) is 0. The summed E-state index contributed by atoms with van der Waals surface area (Å²) in [6.45, 7) is 7.12. The maximum Gasteiger partial charge on any atom is 0.410 e. The zero-order chi connectivity index (χ0) is 22.4. The van der Waals surface area contributed by atoms with Crippen molar-refractivity contribution in [2.75, 3.05) is 18.4 Å². The van der Waals surface area contributed by atoms with E-state index in [0.29, 0.717) is 18.1 Å². The van der Waals surface area contributed by atoms with E-state index in [9.17, 15) is 18.0 Å². The molecule has 5 nitrogen and oxygen atoms in total. The van der Waals surface area contributed by atoms with Gasteiger partial charge in [-0.05, 0) is 43.9 Å². The summed E-state index contributed by atoms with van der Waals surface area (Å²) >= 11 is 0. The van der Waals surface area contributed by atoms with Gasteiger partial charge in [-0.1, -0.05) is 32.9 Å². The molecule has 1 N–H and O–H groups in total. The molecule has 1 aromatic heterocycles. The first-order chi connectivity index (χ1) is 14.5. The second-order valence-corrected chi connectivity index (χ2v) is 10.4. The van der Waals surface area contributed by atoms with Crippen LogP contribution in [0.1, 0.15) is 76.9 Å². The topological polar surface area (TPSA) is 50.2 Å². The van der Waals surface area contributed by atoms with Crippen molar-refractivity contribution in [3.05, 3.63) is 23.9 Å². The van der Waals surface area contributed by atoms with Gasteiger partial charge in [-0.3, -0.25) is 4.79 Å². The van der Waals surface area contributed by atoms with Crippen LogP contribution < -0.4 is 5.32 Å². The number of halogens is 3. The Balaban J connectivity index is 1.55. The molecule has 31 heavy (non-hydrogen) atoms. The van der Waals surface area contributed by atoms with E-state index in [2.05, 4.69) is 22.6 Å². The van der Waals surface area contributed by atoms with Gasteiger partial charge in [0.15, 0.2) is 6.04 Å². The van der Waals surface area contributed by atoms with Crippen molar-refractivity contribution in [2.24, 2.45) is 11.3 Å². The van der Waals surface area contributed by atoms with Crippen LogP contribution in [0.25, 0.3) is 0 Å². The molecule has 4 rings (SSSR count). The lowest BCUT2D eigenvalue weighted by molar-refractivity contribution is -0.175. The molecule has 0 bridgehead atoms. The third-order valence-corrected chi connectivity index (χ3v) is 7.02. The van der Waals surface area contributed by atoms with E-state index in [1.54, 1.807) is 6.07 Å². The fourth-order valence-corrected chi connectivity index (χ4v) is 5.06. The van der Waals surface area contributed by atoms with Gasteiger partial charge < -0.3 is 10.2 Å². The maximum atomic E-state index is 13.9. The van der Waals surface area contributed by atoms with Gasteiger partial charge in [0.25, 0.3) is 0 Å². The minimum absolute atomic E-state index is 0.0290. The fraction of sp³-hybridized carbons (Fsp3) is 0.739. The van der Waals surface area contributed by atoms with Crippen LogP contribution in [-0.2, 0) is 4.79 Å². The first kappa shape index (κ1) is 22.2. The molecular weight excluding hydrogens is 405 g/mol. The first-order valence-corrected chi connectivity index (χ1v) is 11.4. The Kier molecular flexibility index (Phi) is 5.85. The van der Waals surface area contributed by atoms with Crippen molar-refractivity contribution in [1.29, 1.82) is 0 Å². The Labute approximate surface area is 182 Å². The minimum Gasteiger partial charge on any atom is -0.367 e. The van der Waals surface area contributed by atoms with Crippen molar-refractivity contribution < 1.29 is 18.0 Å². The number of likely N-dealkylation sites (tertiary alicyclic amines) is 1. The molecule has 2 aliphatic heterocycles. The lowest BCUT2D eigenvalue weighted by Crippen LogP contribution is -2.45. The van der Waals surface area contributed by atoms with Crippen LogP contribution in [0.4, 0.5) is 19.0 Å². The smallest absolute Gasteiger partial charge is 0.367 e. The van der Waals surface area contributed by atoms with Crippen molar-refractivity contribution in [3.63, 3.8) is 0 Å². The zero-order valence-corrected chi connectivity index (χ0v) is 18.6. The van der Waals surface area contributed by atoms with Crippen LogP contribution in [0.3, 0.4) is 0 Å². The minimum atomic E-state index is -4.35. The quantitative estimate of drug-likeness (QED) is 0.639. The van der Waals surface area contributed by atoms with Gasteiger partial charge in [0, 0.05) is 37.0 Å². The number of allylic oxidation sites excluding steroid dienone is 2. The average molecular weight is 439 g/mol. The van der Waals surface area contributed by atoms with E-state index in [0.717, 1.165) is 43.3 Å². The van der Waals surface area contributed by atoms with Crippen LogP contribution in [0.15, 0.2) is 18.2 Å². The molecule has 1 amide bonds. The number of carbonyl (C=O) groups is 1. The van der Waals surface area contributed by atoms with Crippen molar-refractivity contribution >= 4 is 11.7 Å². The van der Waals surface area contributed by atoms with E-state index in [1.807, 2.05) is 25.7 Å². The molecule has 8 heteroatoms. The summed E-state index contributed by atoms with van der Waals surface area (Å²) in [5.41, 5.74) is 0.356. The predicted octanol–water partition coefficient (Wildman–Crippen LogP) is 5.28. The van der Waals surface area contributed by atoms with Crippen LogP contribution in [0.5, 0.6) is 0 Å². The number of nitrogens with zero attached hydrogens (tertiary/aromatic N) is 3. The SMILES string of the molecule is CC(C)(C)C1CC(C(F)(F)F)n2nc(C3CCCN(C(=O)C4CC=CCC4)C3)cc2N1. The average Bonchev–Trinajstić information content (AvgIpc) is 3.16. The molecule has 0 spiro atoms. The van der Waals surface area contributed by atoms with Crippen molar-refractivity contribution in [2.45, 2.75) is 83.5 Å². The first-order valence-electron chi connectivity index (χ1n) is 11.4. The number of anilines is 1. The van der Waals surface area contributed by atoms with Gasteiger partial charge in [0.1, 0.15) is 5.82 Å². The highest BCUT2D eigenvalue weighted by Crippen LogP contribution is 2.44. The van der Waals surface area contributed by atoms with E-state index in [1.165, 1.54) is 0 Å². The van der Waals surface area contributed by atoms with Crippen molar-refractivity contribution in [3.8, 4) is 0 Å². The Morgan fingerprint density at radius 2 is 1.97 bits per heavy atom. The number of amides is 1. The molecular formula is C23H33F3N4O. The summed E-state index contributed by atoms with van der Waals surface area (Å²) in [5, 5.41) is 7.73. The number of hydrogen-bond acceptors (Lipinski definition) is 3. The normalized spacial score (nSPS) is 29.4. The van der Waals surface area contributed by atoms with Crippen molar-refractivity contribution in [1.82, 2.24) is 14.7 Å². The van der Waals surface area contributed by atoms with E-state index < -0.39 is 12.2 Å². The third-order valence-electron chi connectivity index (χ3n) is 7.02. The Morgan fingerprint density at radius 3 is 2.61 bits per heavy atom. The summed E-state index contributed by atoms with van der Waals surface area (Å²) in [4.78, 5) is 14.9. The van der Waals surface area contributed by atoms with Gasteiger partial charge in [-0.15, -0.1) is 0 Å². The molecule has 0 saturated carbocycles. The Bertz CT molecular complexity index is 839. The monoisotopic (exact) mass is 438 g/mol. The number of hydrogen-bond donors (Lipinski definition) is 1. The standard InChI is InChI=1S/C23H33F3N4O/c1-22(2,3)18-13-19(23(24,25)26)30-20(27-18)12-17(28-30)16-10-7-11-29(14-16)21(31)15-8-5-4-6-9-15/h4-5,12,15-16,18-19,27H,6-11,13-14H2,1-3H3. The molecule has 0 aromatic carbocycles. The molecule has 4 unspecified atom stereocenters. The highest BCUT2D eigenvalue weighted by Gasteiger charge is 2.48. The predicted molar refractivity (Wildman–Crippen MR) is 114 cm³/mol. The van der Waals surface area contributed by atoms with E-state index in [-0.39, 0.29) is 35.6 Å². The third kappa shape index (κ3) is 4.62. The zero-order valence-electron chi connectivity index (χ0n) is 18.6. The molecule has 3 heterocycles. The molecule has 3 aliphatic rings. The maximum absolute atomic E-state index is 13.9. The highest BCUT2D eigenvalue weighted by molar-refractivity contribution is 5.79. The number of nitrogens with one attached hydrogen (secondary N) is 1. The molecule has 1 aliphatic carbocycles. The lowest BCUT2D eigenvalue weighted by atomic mass is 9.82. The number of alkyl halides is 3. The number of fused-ring (bicyclic) bond motifs is 1. The second kappa shape index (κ2) is 8.17. The number of aromatic nitrogens is 2. The Morgan fingerprint density at radius 1 is 1.19 bits per heavy atom. The summed E-state index contributed by atoms with van der Waals surface area (Å²) in [6, 6.07) is -0.143. The summed E-state index contributed by atoms with van der Waals surface area (Å²) in [6.07, 6.45) is 4.08. The van der Waals surface area contributed by atoms with Crippen LogP contribution in [-0.4, -0.2) is 45.9 Å². The van der Waals surface area contributed by atoms with Crippen LogP contribution in [0, 0.1) is 11.3 Å². The lowest BCUT2D eigenvalue weighted by Gasteiger charge is -2.39. The highest BCUT2D eigenvalue weighted by atomic mass is 19.4. The van der Waals surface area contributed by atoms with E-state index >= 15 is 0 Å². The largest absolute Gasteiger partial charge is 0.410 e.